The number of aromatic nitrogens is 3. The van der Waals surface area contributed by atoms with Crippen molar-refractivity contribution in [1.82, 2.24) is 15.0 Å². The van der Waals surface area contributed by atoms with E-state index in [1.807, 2.05) is 0 Å². The third-order valence-electron chi connectivity index (χ3n) is 7.59. The van der Waals surface area contributed by atoms with Crippen LogP contribution in [0.2, 0.25) is 0 Å². The number of hydrogen-bond donors (Lipinski definition) is 3. The number of methoxy groups -OCH3 is 1. The number of carbonyl (C=O) groups is 2. The molecule has 0 spiro atoms. The van der Waals surface area contributed by atoms with Crippen molar-refractivity contribution in [1.29, 1.82) is 0 Å². The predicted octanol–water partition coefficient (Wildman–Crippen LogP) is 5.71. The number of hydrogen-bond acceptors (Lipinski definition) is 11. The Kier molecular flexibility index (Phi) is 11.9. The van der Waals surface area contributed by atoms with Crippen LogP contribution in [-0.2, 0) is 28.4 Å². The lowest BCUT2D eigenvalue weighted by molar-refractivity contribution is -0.143. The molecule has 1 aliphatic heterocycles. The van der Waals surface area contributed by atoms with Crippen molar-refractivity contribution in [2.75, 3.05) is 42.0 Å². The molecule has 272 valence electrons. The van der Waals surface area contributed by atoms with Crippen molar-refractivity contribution in [2.45, 2.75) is 63.8 Å². The molecular formula is C31H34F6N6O7. The number of rotatable bonds is 11. The minimum absolute atomic E-state index is 0.0145. The fourth-order valence-electron chi connectivity index (χ4n) is 5.29. The number of pyridine rings is 1. The van der Waals surface area contributed by atoms with Crippen molar-refractivity contribution in [3.8, 4) is 5.88 Å². The monoisotopic (exact) mass is 716 g/mol. The highest BCUT2D eigenvalue weighted by Crippen LogP contribution is 2.44. The van der Waals surface area contributed by atoms with Crippen molar-refractivity contribution in [3.05, 3.63) is 65.1 Å². The minimum Gasteiger partial charge on any atom is -0.481 e. The van der Waals surface area contributed by atoms with Crippen LogP contribution < -0.4 is 19.9 Å². The molecule has 3 aromatic rings. The van der Waals surface area contributed by atoms with E-state index in [9.17, 15) is 41.0 Å². The number of aliphatic hydroxyl groups excluding tert-OH is 2. The number of amides is 2. The Balaban J connectivity index is 1.85. The standard InChI is InChI=1S/C31H34F6N6O7/c1-4-21-11-24(26-23(6-7-25(41-26)48-3)43(21)29(47)49-5-2)42(14-17-8-18(30(32,33)34)10-19(9-17)31(35,36)37)27-38-12-20(13-39-27)40-28(46)50-16-22(45)15-44/h6-10,12-13,21-22,24,44-45H,4-5,11,14-16H2,1-3H3,(H,40,46)/t21-,22?,24+/m1/s1. The maximum atomic E-state index is 13.8. The summed E-state index contributed by atoms with van der Waals surface area (Å²) in [4.78, 5) is 41.0. The van der Waals surface area contributed by atoms with Gasteiger partial charge < -0.3 is 29.3 Å². The average Bonchev–Trinajstić information content (AvgIpc) is 3.08. The fraction of sp³-hybridized carbons (Fsp3) is 0.452. The first kappa shape index (κ1) is 37.9. The Bertz CT molecular complexity index is 1610. The second-order valence-electron chi connectivity index (χ2n) is 11.0. The van der Waals surface area contributed by atoms with E-state index >= 15 is 0 Å². The molecule has 3 N–H and O–H groups in total. The molecule has 2 amide bonds. The summed E-state index contributed by atoms with van der Waals surface area (Å²) in [6.07, 6.45) is -10.6. The van der Waals surface area contributed by atoms with E-state index < -0.39 is 73.6 Å². The molecule has 0 bridgehead atoms. The van der Waals surface area contributed by atoms with Crippen LogP contribution in [0.25, 0.3) is 0 Å². The van der Waals surface area contributed by atoms with Gasteiger partial charge in [0, 0.05) is 18.7 Å². The molecule has 0 saturated heterocycles. The van der Waals surface area contributed by atoms with Crippen LogP contribution in [0.1, 0.15) is 55.1 Å². The summed E-state index contributed by atoms with van der Waals surface area (Å²) in [7, 11) is 1.34. The van der Waals surface area contributed by atoms with Crippen LogP contribution in [-0.4, -0.2) is 76.4 Å². The zero-order chi connectivity index (χ0) is 36.8. The SMILES string of the molecule is CCOC(=O)N1c2ccc(OC)nc2[C@@H](N(Cc2cc(C(F)(F)F)cc(C(F)(F)F)c2)c2ncc(NC(=O)OCC(O)CO)cn2)C[C@H]1CC. The van der Waals surface area contributed by atoms with Crippen molar-refractivity contribution >= 4 is 29.5 Å². The first-order valence-corrected chi connectivity index (χ1v) is 15.2. The number of ether oxygens (including phenoxy) is 3. The molecule has 0 aliphatic carbocycles. The second-order valence-corrected chi connectivity index (χ2v) is 11.0. The fourth-order valence-corrected chi connectivity index (χ4v) is 5.29. The molecule has 50 heavy (non-hydrogen) atoms. The maximum Gasteiger partial charge on any atom is 0.416 e. The summed E-state index contributed by atoms with van der Waals surface area (Å²) in [6, 6.07) is 2.74. The van der Waals surface area contributed by atoms with Gasteiger partial charge in [0.25, 0.3) is 0 Å². The van der Waals surface area contributed by atoms with E-state index in [0.717, 1.165) is 12.4 Å². The number of alkyl halides is 6. The summed E-state index contributed by atoms with van der Waals surface area (Å²) >= 11 is 0. The highest BCUT2D eigenvalue weighted by molar-refractivity contribution is 5.90. The Morgan fingerprint density at radius 1 is 1.04 bits per heavy atom. The van der Waals surface area contributed by atoms with Gasteiger partial charge in [-0.05, 0) is 49.6 Å². The van der Waals surface area contributed by atoms with Crippen molar-refractivity contribution in [2.24, 2.45) is 0 Å². The first-order chi connectivity index (χ1) is 23.6. The minimum atomic E-state index is -5.10. The van der Waals surface area contributed by atoms with Gasteiger partial charge >= 0.3 is 24.5 Å². The second kappa shape index (κ2) is 15.8. The zero-order valence-corrected chi connectivity index (χ0v) is 27.0. The molecule has 1 aromatic carbocycles. The van der Waals surface area contributed by atoms with E-state index in [0.29, 0.717) is 18.6 Å². The van der Waals surface area contributed by atoms with Crippen LogP contribution in [0.5, 0.6) is 5.88 Å². The molecule has 3 heterocycles. The van der Waals surface area contributed by atoms with Gasteiger partial charge in [0.1, 0.15) is 12.7 Å². The summed E-state index contributed by atoms with van der Waals surface area (Å²) in [5.74, 6) is -0.0678. The smallest absolute Gasteiger partial charge is 0.416 e. The number of aliphatic hydroxyl groups is 2. The van der Waals surface area contributed by atoms with Gasteiger partial charge in [-0.2, -0.15) is 26.3 Å². The van der Waals surface area contributed by atoms with Gasteiger partial charge in [-0.1, -0.05) is 6.92 Å². The third kappa shape index (κ3) is 9.00. The molecule has 1 unspecified atom stereocenters. The van der Waals surface area contributed by atoms with Gasteiger partial charge in [0.2, 0.25) is 11.8 Å². The summed E-state index contributed by atoms with van der Waals surface area (Å²) < 4.78 is 98.3. The number of fused-ring (bicyclic) bond motifs is 1. The topological polar surface area (TPSA) is 159 Å². The Labute approximate surface area is 281 Å². The molecule has 4 rings (SSSR count). The molecule has 0 fully saturated rings. The quantitative estimate of drug-likeness (QED) is 0.209. The lowest BCUT2D eigenvalue weighted by Crippen LogP contribution is -2.48. The largest absolute Gasteiger partial charge is 0.481 e. The maximum absolute atomic E-state index is 13.8. The number of benzene rings is 1. The molecule has 1 aliphatic rings. The molecule has 0 saturated carbocycles. The van der Waals surface area contributed by atoms with Crippen LogP contribution in [0.3, 0.4) is 0 Å². The van der Waals surface area contributed by atoms with Crippen molar-refractivity contribution < 1.29 is 60.4 Å². The highest BCUT2D eigenvalue weighted by Gasteiger charge is 2.42. The lowest BCUT2D eigenvalue weighted by atomic mass is 9.92. The Hall–Kier alpha value is -4.91. The van der Waals surface area contributed by atoms with Gasteiger partial charge in [0.05, 0.1) is 67.0 Å². The van der Waals surface area contributed by atoms with Crippen LogP contribution in [0.4, 0.5) is 53.3 Å². The van der Waals surface area contributed by atoms with Crippen molar-refractivity contribution in [3.63, 3.8) is 0 Å². The van der Waals surface area contributed by atoms with Gasteiger partial charge in [-0.15, -0.1) is 0 Å². The molecule has 19 heteroatoms. The number of nitrogens with one attached hydrogen (secondary N) is 1. The molecule has 13 nitrogen and oxygen atoms in total. The van der Waals surface area contributed by atoms with E-state index in [2.05, 4.69) is 20.3 Å². The summed E-state index contributed by atoms with van der Waals surface area (Å²) in [6.45, 7) is 1.71. The average molecular weight is 717 g/mol. The molecular weight excluding hydrogens is 682 g/mol. The summed E-state index contributed by atoms with van der Waals surface area (Å²) in [5, 5.41) is 20.6. The van der Waals surface area contributed by atoms with E-state index in [1.54, 1.807) is 19.9 Å². The molecule has 2 aromatic heterocycles. The molecule has 3 atom stereocenters. The van der Waals surface area contributed by atoms with E-state index in [-0.39, 0.29) is 53.6 Å². The molecule has 0 radical (unpaired) electrons. The Morgan fingerprint density at radius 3 is 2.22 bits per heavy atom. The number of halogens is 6. The van der Waals surface area contributed by atoms with Gasteiger partial charge in [-0.3, -0.25) is 10.2 Å². The van der Waals surface area contributed by atoms with Crippen LogP contribution in [0, 0.1) is 0 Å². The van der Waals surface area contributed by atoms with Crippen LogP contribution in [0.15, 0.2) is 42.7 Å². The highest BCUT2D eigenvalue weighted by atomic mass is 19.4. The van der Waals surface area contributed by atoms with Gasteiger partial charge in [-0.25, -0.2) is 24.5 Å². The predicted molar refractivity (Wildman–Crippen MR) is 164 cm³/mol. The number of anilines is 3. The Morgan fingerprint density at radius 2 is 1.68 bits per heavy atom. The van der Waals surface area contributed by atoms with Gasteiger partial charge in [0.15, 0.2) is 0 Å². The first-order valence-electron chi connectivity index (χ1n) is 15.2. The lowest BCUT2D eigenvalue weighted by Gasteiger charge is -2.43. The normalized spacial score (nSPS) is 16.7. The third-order valence-corrected chi connectivity index (χ3v) is 7.59. The van der Waals surface area contributed by atoms with E-state index in [4.69, 9.17) is 19.3 Å². The number of carbonyl (C=O) groups excluding carboxylic acids is 2. The number of nitrogens with zero attached hydrogens (tertiary/aromatic N) is 5. The zero-order valence-electron chi connectivity index (χ0n) is 27.0. The summed E-state index contributed by atoms with van der Waals surface area (Å²) in [5.41, 5.74) is -2.98. The van der Waals surface area contributed by atoms with E-state index in [1.165, 1.54) is 23.0 Å². The van der Waals surface area contributed by atoms with Crippen LogP contribution >= 0.6 is 0 Å².